The van der Waals surface area contributed by atoms with Crippen LogP contribution in [0.4, 0.5) is 5.69 Å². The maximum atomic E-state index is 11.1. The van der Waals surface area contributed by atoms with Crippen LogP contribution in [-0.2, 0) is 0 Å². The van der Waals surface area contributed by atoms with Crippen molar-refractivity contribution in [1.82, 2.24) is 10.2 Å². The third-order valence-corrected chi connectivity index (χ3v) is 3.02. The summed E-state index contributed by atoms with van der Waals surface area (Å²) in [6.07, 6.45) is 3.91. The molecular weight excluding hydrogens is 234 g/mol. The molecule has 2 N–H and O–H groups in total. The number of hydrogen-bond acceptors (Lipinski definition) is 3. The first-order valence-corrected chi connectivity index (χ1v) is 4.91. The summed E-state index contributed by atoms with van der Waals surface area (Å²) in [5, 5.41) is 9.35. The third-order valence-electron chi connectivity index (χ3n) is 2.23. The predicted octanol–water partition coefficient (Wildman–Crippen LogP) is 1.50. The Labute approximate surface area is 83.9 Å². The highest BCUT2D eigenvalue weighted by atomic mass is 79.9. The molecule has 0 aromatic carbocycles. The van der Waals surface area contributed by atoms with Gasteiger partial charge in [0.15, 0.2) is 0 Å². The molecule has 4 nitrogen and oxygen atoms in total. The monoisotopic (exact) mass is 243 g/mol. The van der Waals surface area contributed by atoms with Crippen LogP contribution >= 0.6 is 15.9 Å². The normalized spacial score (nSPS) is 18.3. The molecule has 1 heterocycles. The first-order valence-electron chi connectivity index (χ1n) is 4.12. The van der Waals surface area contributed by atoms with Crippen LogP contribution in [0.25, 0.3) is 0 Å². The highest BCUT2D eigenvalue weighted by Crippen LogP contribution is 2.38. The Morgan fingerprint density at radius 1 is 1.69 bits per heavy atom. The number of aromatic nitrogens is 2. The average molecular weight is 244 g/mol. The molecule has 1 aromatic rings. The molecule has 70 valence electrons. The minimum Gasteiger partial charge on any atom is -0.378 e. The van der Waals surface area contributed by atoms with E-state index < -0.39 is 0 Å². The van der Waals surface area contributed by atoms with E-state index in [2.05, 4.69) is 38.4 Å². The van der Waals surface area contributed by atoms with Gasteiger partial charge in [-0.3, -0.25) is 4.79 Å². The standard InChI is InChI=1S/C8H10BrN3O/c1-8(2-3-8)11-5-4-10-12-7(13)6(5)9/h4H,2-3H2,1H3,(H2,11,12,13). The highest BCUT2D eigenvalue weighted by molar-refractivity contribution is 9.10. The summed E-state index contributed by atoms with van der Waals surface area (Å²) < 4.78 is 0.524. The Morgan fingerprint density at radius 3 is 3.00 bits per heavy atom. The van der Waals surface area contributed by atoms with Gasteiger partial charge in [-0.2, -0.15) is 5.10 Å². The van der Waals surface area contributed by atoms with Gasteiger partial charge in [-0.1, -0.05) is 0 Å². The number of nitrogens with zero attached hydrogens (tertiary/aromatic N) is 1. The molecule has 0 radical (unpaired) electrons. The number of hydrogen-bond donors (Lipinski definition) is 2. The molecule has 0 amide bonds. The minimum atomic E-state index is -0.200. The van der Waals surface area contributed by atoms with E-state index in [-0.39, 0.29) is 11.1 Å². The molecule has 0 atom stereocenters. The van der Waals surface area contributed by atoms with Crippen molar-refractivity contribution in [2.24, 2.45) is 0 Å². The van der Waals surface area contributed by atoms with Crippen molar-refractivity contribution in [3.63, 3.8) is 0 Å². The number of aromatic amines is 1. The zero-order chi connectivity index (χ0) is 9.47. The summed E-state index contributed by atoms with van der Waals surface area (Å²) >= 11 is 3.21. The molecule has 0 saturated heterocycles. The van der Waals surface area contributed by atoms with Crippen molar-refractivity contribution >= 4 is 21.6 Å². The molecule has 2 rings (SSSR count). The van der Waals surface area contributed by atoms with Crippen molar-refractivity contribution in [2.75, 3.05) is 5.32 Å². The predicted molar refractivity (Wildman–Crippen MR) is 53.8 cm³/mol. The summed E-state index contributed by atoms with van der Waals surface area (Å²) in [4.78, 5) is 11.1. The maximum Gasteiger partial charge on any atom is 0.280 e. The van der Waals surface area contributed by atoms with Crippen LogP contribution in [0, 0.1) is 0 Å². The molecule has 0 bridgehead atoms. The fourth-order valence-corrected chi connectivity index (χ4v) is 1.40. The van der Waals surface area contributed by atoms with E-state index in [9.17, 15) is 4.79 Å². The molecule has 1 saturated carbocycles. The lowest BCUT2D eigenvalue weighted by Crippen LogP contribution is -2.19. The summed E-state index contributed by atoms with van der Waals surface area (Å²) in [5.41, 5.74) is 0.732. The van der Waals surface area contributed by atoms with Crippen LogP contribution < -0.4 is 10.9 Å². The van der Waals surface area contributed by atoms with E-state index in [0.29, 0.717) is 4.47 Å². The quantitative estimate of drug-likeness (QED) is 0.828. The van der Waals surface area contributed by atoms with Gasteiger partial charge >= 0.3 is 0 Å². The Bertz CT molecular complexity index is 383. The summed E-state index contributed by atoms with van der Waals surface area (Å²) in [6.45, 7) is 2.13. The van der Waals surface area contributed by atoms with Crippen molar-refractivity contribution in [3.8, 4) is 0 Å². The molecule has 1 aliphatic rings. The largest absolute Gasteiger partial charge is 0.378 e. The summed E-state index contributed by atoms with van der Waals surface area (Å²) in [7, 11) is 0. The SMILES string of the molecule is CC1(Nc2cn[nH]c(=O)c2Br)CC1. The van der Waals surface area contributed by atoms with Gasteiger partial charge in [0.2, 0.25) is 0 Å². The third kappa shape index (κ3) is 1.75. The molecule has 0 unspecified atom stereocenters. The number of rotatable bonds is 2. The van der Waals surface area contributed by atoms with Crippen LogP contribution in [0.1, 0.15) is 19.8 Å². The number of halogens is 1. The number of nitrogens with one attached hydrogen (secondary N) is 2. The van der Waals surface area contributed by atoms with E-state index in [4.69, 9.17) is 0 Å². The smallest absolute Gasteiger partial charge is 0.280 e. The first kappa shape index (κ1) is 8.74. The molecule has 0 spiro atoms. The molecule has 1 aliphatic carbocycles. The van der Waals surface area contributed by atoms with Crippen LogP contribution in [0.2, 0.25) is 0 Å². The van der Waals surface area contributed by atoms with Crippen LogP contribution in [0.5, 0.6) is 0 Å². The summed E-state index contributed by atoms with van der Waals surface area (Å²) in [6, 6.07) is 0. The van der Waals surface area contributed by atoms with E-state index in [0.717, 1.165) is 18.5 Å². The van der Waals surface area contributed by atoms with Gasteiger partial charge in [0.05, 0.1) is 11.9 Å². The molecule has 13 heavy (non-hydrogen) atoms. The van der Waals surface area contributed by atoms with Gasteiger partial charge in [-0.25, -0.2) is 5.10 Å². The lowest BCUT2D eigenvalue weighted by Gasteiger charge is -2.12. The van der Waals surface area contributed by atoms with E-state index in [1.807, 2.05) is 0 Å². The van der Waals surface area contributed by atoms with Gasteiger partial charge in [-0.15, -0.1) is 0 Å². The number of H-pyrrole nitrogens is 1. The van der Waals surface area contributed by atoms with Crippen LogP contribution in [0.15, 0.2) is 15.5 Å². The Hall–Kier alpha value is -0.840. The van der Waals surface area contributed by atoms with Gasteiger partial charge in [0, 0.05) is 5.54 Å². The van der Waals surface area contributed by atoms with Gasteiger partial charge < -0.3 is 5.32 Å². The lowest BCUT2D eigenvalue weighted by atomic mass is 10.3. The zero-order valence-electron chi connectivity index (χ0n) is 7.22. The highest BCUT2D eigenvalue weighted by Gasteiger charge is 2.37. The van der Waals surface area contributed by atoms with Gasteiger partial charge in [0.1, 0.15) is 4.47 Å². The number of anilines is 1. The molecule has 1 fully saturated rings. The topological polar surface area (TPSA) is 57.8 Å². The van der Waals surface area contributed by atoms with E-state index in [1.54, 1.807) is 6.20 Å². The van der Waals surface area contributed by atoms with Crippen molar-refractivity contribution < 1.29 is 0 Å². The van der Waals surface area contributed by atoms with E-state index in [1.165, 1.54) is 0 Å². The summed E-state index contributed by atoms with van der Waals surface area (Å²) in [5.74, 6) is 0. The van der Waals surface area contributed by atoms with Gasteiger partial charge in [0.25, 0.3) is 5.56 Å². The van der Waals surface area contributed by atoms with E-state index >= 15 is 0 Å². The Kier molecular flexibility index (Phi) is 1.91. The van der Waals surface area contributed by atoms with Crippen LogP contribution in [-0.4, -0.2) is 15.7 Å². The Balaban J connectivity index is 2.30. The molecule has 0 aliphatic heterocycles. The van der Waals surface area contributed by atoms with Crippen molar-refractivity contribution in [2.45, 2.75) is 25.3 Å². The first-order chi connectivity index (χ1) is 6.11. The minimum absolute atomic E-state index is 0.165. The second-order valence-corrected chi connectivity index (χ2v) is 4.41. The second kappa shape index (κ2) is 2.83. The zero-order valence-corrected chi connectivity index (χ0v) is 8.81. The fraction of sp³-hybridized carbons (Fsp3) is 0.500. The van der Waals surface area contributed by atoms with Crippen molar-refractivity contribution in [3.05, 3.63) is 21.0 Å². The molecule has 1 aromatic heterocycles. The lowest BCUT2D eigenvalue weighted by molar-refractivity contribution is 0.821. The Morgan fingerprint density at radius 2 is 2.38 bits per heavy atom. The second-order valence-electron chi connectivity index (χ2n) is 3.61. The van der Waals surface area contributed by atoms with Crippen molar-refractivity contribution in [1.29, 1.82) is 0 Å². The molecule has 5 heteroatoms. The fourth-order valence-electron chi connectivity index (χ4n) is 1.11. The maximum absolute atomic E-state index is 11.1. The van der Waals surface area contributed by atoms with Crippen LogP contribution in [0.3, 0.4) is 0 Å². The molecular formula is C8H10BrN3O. The van der Waals surface area contributed by atoms with Gasteiger partial charge in [-0.05, 0) is 35.7 Å². The average Bonchev–Trinajstić information content (AvgIpc) is 2.78.